The summed E-state index contributed by atoms with van der Waals surface area (Å²) in [6.45, 7) is 7.46. The minimum absolute atomic E-state index is 0. The number of nitrogens with zero attached hydrogens (tertiary/aromatic N) is 4. The van der Waals surface area contributed by atoms with Crippen LogP contribution in [-0.2, 0) is 17.6 Å². The molecule has 2 aliphatic heterocycles. The van der Waals surface area contributed by atoms with Gasteiger partial charge >= 0.3 is 0 Å². The first-order valence-corrected chi connectivity index (χ1v) is 11.9. The van der Waals surface area contributed by atoms with Crippen molar-refractivity contribution < 1.29 is 9.21 Å². The summed E-state index contributed by atoms with van der Waals surface area (Å²) in [5.74, 6) is 2.20. The highest BCUT2D eigenvalue weighted by Crippen LogP contribution is 2.10. The molecule has 2 fully saturated rings. The summed E-state index contributed by atoms with van der Waals surface area (Å²) in [4.78, 5) is 24.0. The van der Waals surface area contributed by atoms with Crippen molar-refractivity contribution in [2.45, 2.75) is 25.7 Å². The van der Waals surface area contributed by atoms with Crippen molar-refractivity contribution in [3.8, 4) is 0 Å². The molecule has 1 aromatic heterocycles. The van der Waals surface area contributed by atoms with Gasteiger partial charge in [0.15, 0.2) is 5.96 Å². The zero-order valence-corrected chi connectivity index (χ0v) is 21.7. The highest BCUT2D eigenvalue weighted by atomic mass is 127. The molecule has 1 amide bonds. The number of rotatable bonds is 8. The van der Waals surface area contributed by atoms with Gasteiger partial charge in [-0.25, -0.2) is 0 Å². The lowest BCUT2D eigenvalue weighted by Crippen LogP contribution is -2.54. The van der Waals surface area contributed by atoms with Crippen molar-refractivity contribution in [3.63, 3.8) is 0 Å². The number of carbonyl (C=O) groups is 1. The molecule has 0 aliphatic carbocycles. The number of likely N-dealkylation sites (tertiary alicyclic amines) is 1. The third kappa shape index (κ3) is 8.03. The summed E-state index contributed by atoms with van der Waals surface area (Å²) < 4.78 is 5.45. The Morgan fingerprint density at radius 2 is 1.67 bits per heavy atom. The summed E-state index contributed by atoms with van der Waals surface area (Å²) in [5, 5.41) is 3.57. The van der Waals surface area contributed by atoms with Gasteiger partial charge < -0.3 is 19.5 Å². The van der Waals surface area contributed by atoms with Gasteiger partial charge in [-0.15, -0.1) is 24.0 Å². The molecule has 0 bridgehead atoms. The number of hydrogen-bond acceptors (Lipinski definition) is 4. The Balaban J connectivity index is 0.00000306. The molecule has 0 atom stereocenters. The van der Waals surface area contributed by atoms with Crippen LogP contribution in [0.1, 0.15) is 24.2 Å². The Bertz CT molecular complexity index is 845. The predicted molar refractivity (Wildman–Crippen MR) is 142 cm³/mol. The second-order valence-corrected chi connectivity index (χ2v) is 8.55. The minimum Gasteiger partial charge on any atom is -0.469 e. The van der Waals surface area contributed by atoms with Crippen LogP contribution >= 0.6 is 24.0 Å². The number of hydrogen-bond donors (Lipinski definition) is 1. The molecule has 0 unspecified atom stereocenters. The Morgan fingerprint density at radius 1 is 0.909 bits per heavy atom. The van der Waals surface area contributed by atoms with Gasteiger partial charge in [-0.05, 0) is 37.0 Å². The van der Waals surface area contributed by atoms with Crippen LogP contribution in [0.5, 0.6) is 0 Å². The molecule has 0 radical (unpaired) electrons. The van der Waals surface area contributed by atoms with Crippen LogP contribution in [0, 0.1) is 0 Å². The van der Waals surface area contributed by atoms with E-state index in [0.29, 0.717) is 13.1 Å². The highest BCUT2D eigenvalue weighted by Gasteiger charge is 2.24. The Hall–Kier alpha value is -2.07. The fraction of sp³-hybridized carbons (Fsp3) is 0.520. The second kappa shape index (κ2) is 13.6. The SMILES string of the molecule is I.O=C(CN1CCN(C(=NCCc2ccco2)NCCc2ccccc2)CC1)N1CCCC1. The molecule has 4 rings (SSSR count). The molecule has 1 aromatic carbocycles. The second-order valence-electron chi connectivity index (χ2n) is 8.55. The van der Waals surface area contributed by atoms with Crippen LogP contribution < -0.4 is 5.32 Å². The van der Waals surface area contributed by atoms with Crippen molar-refractivity contribution in [2.24, 2.45) is 4.99 Å². The van der Waals surface area contributed by atoms with E-state index in [1.807, 2.05) is 23.1 Å². The normalized spacial score (nSPS) is 17.2. The standard InChI is InChI=1S/C25H35N5O2.HI/c31-24(29-14-4-5-15-29)21-28-16-18-30(19-17-28)25(27-13-11-23-9-6-20-32-23)26-12-10-22-7-2-1-3-8-22;/h1-3,6-9,20H,4-5,10-19,21H2,(H,26,27);1H. The first-order valence-electron chi connectivity index (χ1n) is 11.9. The first kappa shape index (κ1) is 25.6. The highest BCUT2D eigenvalue weighted by molar-refractivity contribution is 14.0. The molecule has 8 heteroatoms. The number of nitrogens with one attached hydrogen (secondary N) is 1. The number of carbonyl (C=O) groups excluding carboxylic acids is 1. The maximum Gasteiger partial charge on any atom is 0.236 e. The molecule has 0 saturated carbocycles. The fourth-order valence-corrected chi connectivity index (χ4v) is 4.33. The van der Waals surface area contributed by atoms with E-state index in [0.717, 1.165) is 83.2 Å². The molecule has 1 N–H and O–H groups in total. The molecular formula is C25H36IN5O2. The largest absolute Gasteiger partial charge is 0.469 e. The maximum atomic E-state index is 12.5. The van der Waals surface area contributed by atoms with Crippen LogP contribution in [-0.4, -0.2) is 85.5 Å². The number of guanidine groups is 1. The number of piperazine rings is 1. The lowest BCUT2D eigenvalue weighted by atomic mass is 10.1. The van der Waals surface area contributed by atoms with Gasteiger partial charge in [0.25, 0.3) is 0 Å². The van der Waals surface area contributed by atoms with Gasteiger partial charge in [0.2, 0.25) is 5.91 Å². The number of furan rings is 1. The fourth-order valence-electron chi connectivity index (χ4n) is 4.33. The molecule has 2 aromatic rings. The van der Waals surface area contributed by atoms with Crippen molar-refractivity contribution >= 4 is 35.8 Å². The summed E-state index contributed by atoms with van der Waals surface area (Å²) in [5.41, 5.74) is 1.32. The summed E-state index contributed by atoms with van der Waals surface area (Å²) in [6.07, 6.45) is 5.75. The zero-order valence-electron chi connectivity index (χ0n) is 19.3. The summed E-state index contributed by atoms with van der Waals surface area (Å²) in [6, 6.07) is 14.4. The molecule has 7 nitrogen and oxygen atoms in total. The summed E-state index contributed by atoms with van der Waals surface area (Å²) in [7, 11) is 0. The molecule has 2 saturated heterocycles. The van der Waals surface area contributed by atoms with Crippen molar-refractivity contribution in [2.75, 3.05) is 58.9 Å². The number of amides is 1. The molecule has 2 aliphatic rings. The first-order chi connectivity index (χ1) is 15.8. The van der Waals surface area contributed by atoms with Gasteiger partial charge in [0.05, 0.1) is 12.8 Å². The number of benzene rings is 1. The average Bonchev–Trinajstić information content (AvgIpc) is 3.54. The third-order valence-electron chi connectivity index (χ3n) is 6.23. The predicted octanol–water partition coefficient (Wildman–Crippen LogP) is 2.87. The van der Waals surface area contributed by atoms with E-state index < -0.39 is 0 Å². The quantitative estimate of drug-likeness (QED) is 0.303. The van der Waals surface area contributed by atoms with Crippen LogP contribution in [0.3, 0.4) is 0 Å². The molecular weight excluding hydrogens is 529 g/mol. The van der Waals surface area contributed by atoms with Gasteiger partial charge in [-0.3, -0.25) is 14.7 Å². The van der Waals surface area contributed by atoms with E-state index >= 15 is 0 Å². The Labute approximate surface area is 214 Å². The smallest absolute Gasteiger partial charge is 0.236 e. The zero-order chi connectivity index (χ0) is 22.0. The van der Waals surface area contributed by atoms with Crippen LogP contribution in [0.25, 0.3) is 0 Å². The van der Waals surface area contributed by atoms with E-state index in [-0.39, 0.29) is 29.9 Å². The Kier molecular flexibility index (Phi) is 10.5. The van der Waals surface area contributed by atoms with E-state index in [2.05, 4.69) is 39.4 Å². The van der Waals surface area contributed by atoms with Gasteiger partial charge in [-0.2, -0.15) is 0 Å². The van der Waals surface area contributed by atoms with E-state index in [1.165, 1.54) is 5.56 Å². The van der Waals surface area contributed by atoms with E-state index in [9.17, 15) is 4.79 Å². The summed E-state index contributed by atoms with van der Waals surface area (Å²) >= 11 is 0. The number of halogens is 1. The van der Waals surface area contributed by atoms with E-state index in [4.69, 9.17) is 9.41 Å². The number of aliphatic imine (C=N–C) groups is 1. The van der Waals surface area contributed by atoms with Crippen LogP contribution in [0.15, 0.2) is 58.1 Å². The molecule has 0 spiro atoms. The van der Waals surface area contributed by atoms with Gasteiger partial charge in [0.1, 0.15) is 5.76 Å². The molecule has 3 heterocycles. The maximum absolute atomic E-state index is 12.5. The third-order valence-corrected chi connectivity index (χ3v) is 6.23. The monoisotopic (exact) mass is 565 g/mol. The lowest BCUT2D eigenvalue weighted by molar-refractivity contribution is -0.131. The van der Waals surface area contributed by atoms with Crippen LogP contribution in [0.2, 0.25) is 0 Å². The van der Waals surface area contributed by atoms with Crippen molar-refractivity contribution in [1.82, 2.24) is 20.0 Å². The van der Waals surface area contributed by atoms with Gasteiger partial charge in [0, 0.05) is 58.8 Å². The average molecular weight is 566 g/mol. The van der Waals surface area contributed by atoms with Crippen molar-refractivity contribution in [3.05, 3.63) is 60.1 Å². The van der Waals surface area contributed by atoms with Crippen molar-refractivity contribution in [1.29, 1.82) is 0 Å². The minimum atomic E-state index is 0. The Morgan fingerprint density at radius 3 is 2.36 bits per heavy atom. The molecule has 33 heavy (non-hydrogen) atoms. The van der Waals surface area contributed by atoms with Crippen LogP contribution in [0.4, 0.5) is 0 Å². The topological polar surface area (TPSA) is 64.3 Å². The van der Waals surface area contributed by atoms with E-state index in [1.54, 1.807) is 6.26 Å². The van der Waals surface area contributed by atoms with Gasteiger partial charge in [-0.1, -0.05) is 30.3 Å². The lowest BCUT2D eigenvalue weighted by Gasteiger charge is -2.36. The molecule has 180 valence electrons.